The number of nitrogens with zero attached hydrogens (tertiary/aromatic N) is 1. The fourth-order valence-electron chi connectivity index (χ4n) is 4.79. The molecule has 1 spiro atoms. The first kappa shape index (κ1) is 10.1. The topological polar surface area (TPSA) is 3.24 Å². The minimum absolute atomic E-state index is 0.451. The van der Waals surface area contributed by atoms with E-state index >= 15 is 0 Å². The predicted octanol–water partition coefficient (Wildman–Crippen LogP) is 3.33. The van der Waals surface area contributed by atoms with E-state index in [-0.39, 0.29) is 0 Å². The van der Waals surface area contributed by atoms with Crippen LogP contribution in [0.2, 0.25) is 0 Å². The van der Waals surface area contributed by atoms with Crippen molar-refractivity contribution in [2.24, 2.45) is 5.92 Å². The van der Waals surface area contributed by atoms with Gasteiger partial charge in [0.15, 0.2) is 0 Å². The zero-order chi connectivity index (χ0) is 11.3. The SMILES string of the molecule is c1ccc2c(c1)CCN1CC[C@@H]3CCCC[C@]231. The molecular formula is C16H21N. The molecule has 0 aromatic heterocycles. The second kappa shape index (κ2) is 3.58. The fourth-order valence-corrected chi connectivity index (χ4v) is 4.79. The maximum Gasteiger partial charge on any atom is 0.0492 e. The van der Waals surface area contributed by atoms with E-state index in [1.807, 2.05) is 0 Å². The first-order valence-electron chi connectivity index (χ1n) is 7.25. The first-order chi connectivity index (χ1) is 8.41. The minimum atomic E-state index is 0.451. The van der Waals surface area contributed by atoms with E-state index < -0.39 is 0 Å². The summed E-state index contributed by atoms with van der Waals surface area (Å²) in [6, 6.07) is 9.26. The van der Waals surface area contributed by atoms with E-state index in [9.17, 15) is 0 Å². The standard InChI is InChI=1S/C16H21N/c1-2-7-15-13(5-1)8-11-17-12-9-14-6-3-4-10-16(14,15)17/h1-2,5,7,14H,3-4,6,8-12H2/t14-,16+/m0/s1. The van der Waals surface area contributed by atoms with Crippen molar-refractivity contribution in [3.05, 3.63) is 35.4 Å². The van der Waals surface area contributed by atoms with E-state index in [1.54, 1.807) is 11.1 Å². The van der Waals surface area contributed by atoms with Crippen LogP contribution in [0.5, 0.6) is 0 Å². The van der Waals surface area contributed by atoms with Gasteiger partial charge < -0.3 is 0 Å². The third-order valence-corrected chi connectivity index (χ3v) is 5.48. The minimum Gasteiger partial charge on any atom is -0.293 e. The highest BCUT2D eigenvalue weighted by molar-refractivity contribution is 5.38. The molecule has 1 heteroatoms. The van der Waals surface area contributed by atoms with Gasteiger partial charge in [0.25, 0.3) is 0 Å². The Bertz CT molecular complexity index is 439. The molecule has 4 rings (SSSR count). The van der Waals surface area contributed by atoms with Gasteiger partial charge in [-0.05, 0) is 49.3 Å². The van der Waals surface area contributed by atoms with Crippen LogP contribution in [0.25, 0.3) is 0 Å². The zero-order valence-corrected chi connectivity index (χ0v) is 10.5. The van der Waals surface area contributed by atoms with E-state index in [1.165, 1.54) is 51.6 Å². The van der Waals surface area contributed by atoms with Gasteiger partial charge in [-0.25, -0.2) is 0 Å². The van der Waals surface area contributed by atoms with Gasteiger partial charge in [-0.15, -0.1) is 0 Å². The van der Waals surface area contributed by atoms with Crippen LogP contribution in [0.3, 0.4) is 0 Å². The molecule has 2 heterocycles. The van der Waals surface area contributed by atoms with Crippen LogP contribution in [-0.4, -0.2) is 18.0 Å². The van der Waals surface area contributed by atoms with Gasteiger partial charge in [-0.3, -0.25) is 4.90 Å². The molecule has 0 radical (unpaired) electrons. The van der Waals surface area contributed by atoms with Crippen LogP contribution in [0.15, 0.2) is 24.3 Å². The van der Waals surface area contributed by atoms with Gasteiger partial charge in [0.1, 0.15) is 0 Å². The molecule has 1 saturated heterocycles. The Morgan fingerprint density at radius 3 is 3.00 bits per heavy atom. The summed E-state index contributed by atoms with van der Waals surface area (Å²) >= 11 is 0. The molecule has 0 unspecified atom stereocenters. The highest BCUT2D eigenvalue weighted by Crippen LogP contribution is 2.54. The molecule has 1 aliphatic carbocycles. The molecule has 0 bridgehead atoms. The second-order valence-corrected chi connectivity index (χ2v) is 6.05. The Morgan fingerprint density at radius 1 is 1.06 bits per heavy atom. The first-order valence-corrected chi connectivity index (χ1v) is 7.25. The van der Waals surface area contributed by atoms with Crippen molar-refractivity contribution in [3.8, 4) is 0 Å². The van der Waals surface area contributed by atoms with Crippen LogP contribution in [0, 0.1) is 5.92 Å². The highest BCUT2D eigenvalue weighted by Gasteiger charge is 2.52. The van der Waals surface area contributed by atoms with E-state index in [2.05, 4.69) is 29.2 Å². The van der Waals surface area contributed by atoms with Gasteiger partial charge in [-0.1, -0.05) is 37.1 Å². The molecule has 0 N–H and O–H groups in total. The molecule has 0 amide bonds. The van der Waals surface area contributed by atoms with Gasteiger partial charge >= 0.3 is 0 Å². The Kier molecular flexibility index (Phi) is 2.14. The van der Waals surface area contributed by atoms with Crippen molar-refractivity contribution < 1.29 is 0 Å². The summed E-state index contributed by atoms with van der Waals surface area (Å²) in [6.07, 6.45) is 8.47. The molecule has 3 aliphatic rings. The van der Waals surface area contributed by atoms with Gasteiger partial charge in [0.2, 0.25) is 0 Å². The predicted molar refractivity (Wildman–Crippen MR) is 70.0 cm³/mol. The Morgan fingerprint density at radius 2 is 2.00 bits per heavy atom. The summed E-state index contributed by atoms with van der Waals surface area (Å²) in [5, 5.41) is 0. The lowest BCUT2D eigenvalue weighted by molar-refractivity contribution is 0.0504. The third kappa shape index (κ3) is 1.24. The van der Waals surface area contributed by atoms with Crippen molar-refractivity contribution in [3.63, 3.8) is 0 Å². The summed E-state index contributed by atoms with van der Waals surface area (Å²) in [6.45, 7) is 2.65. The maximum atomic E-state index is 2.82. The zero-order valence-electron chi connectivity index (χ0n) is 10.5. The molecule has 90 valence electrons. The molecule has 2 fully saturated rings. The van der Waals surface area contributed by atoms with Crippen molar-refractivity contribution in [1.82, 2.24) is 4.90 Å². The van der Waals surface area contributed by atoms with Crippen molar-refractivity contribution in [1.29, 1.82) is 0 Å². The van der Waals surface area contributed by atoms with Crippen LogP contribution >= 0.6 is 0 Å². The number of benzene rings is 1. The lowest BCUT2D eigenvalue weighted by Gasteiger charge is -2.49. The van der Waals surface area contributed by atoms with E-state index in [0.29, 0.717) is 5.54 Å². The summed E-state index contributed by atoms with van der Waals surface area (Å²) in [5.74, 6) is 0.942. The smallest absolute Gasteiger partial charge is 0.0492 e. The molecule has 1 aromatic carbocycles. The summed E-state index contributed by atoms with van der Waals surface area (Å²) < 4.78 is 0. The second-order valence-electron chi connectivity index (χ2n) is 6.05. The van der Waals surface area contributed by atoms with Crippen LogP contribution in [0.1, 0.15) is 43.2 Å². The Hall–Kier alpha value is -0.820. The number of fused-ring (bicyclic) bond motifs is 1. The molecule has 1 saturated carbocycles. The third-order valence-electron chi connectivity index (χ3n) is 5.48. The van der Waals surface area contributed by atoms with Gasteiger partial charge in [-0.2, -0.15) is 0 Å². The highest BCUT2D eigenvalue weighted by atomic mass is 15.2. The van der Waals surface area contributed by atoms with Crippen molar-refractivity contribution in [2.75, 3.05) is 13.1 Å². The van der Waals surface area contributed by atoms with Crippen molar-refractivity contribution >= 4 is 0 Å². The molecule has 1 nitrogen and oxygen atoms in total. The lowest BCUT2D eigenvalue weighted by atomic mass is 9.67. The van der Waals surface area contributed by atoms with E-state index in [0.717, 1.165) is 5.92 Å². The summed E-state index contributed by atoms with van der Waals surface area (Å²) in [7, 11) is 0. The molecule has 17 heavy (non-hydrogen) atoms. The van der Waals surface area contributed by atoms with Crippen LogP contribution in [-0.2, 0) is 12.0 Å². The van der Waals surface area contributed by atoms with Gasteiger partial charge in [0.05, 0.1) is 0 Å². The Labute approximate surface area is 104 Å². The largest absolute Gasteiger partial charge is 0.293 e. The average molecular weight is 227 g/mol. The monoisotopic (exact) mass is 227 g/mol. The number of hydrogen-bond donors (Lipinski definition) is 0. The average Bonchev–Trinajstić information content (AvgIpc) is 2.78. The van der Waals surface area contributed by atoms with E-state index in [4.69, 9.17) is 0 Å². The van der Waals surface area contributed by atoms with Crippen molar-refractivity contribution in [2.45, 2.75) is 44.1 Å². The fraction of sp³-hybridized carbons (Fsp3) is 0.625. The van der Waals surface area contributed by atoms with Crippen LogP contribution in [0.4, 0.5) is 0 Å². The normalized spacial score (nSPS) is 36.1. The Balaban J connectivity index is 1.90. The summed E-state index contributed by atoms with van der Waals surface area (Å²) in [4.78, 5) is 2.82. The lowest BCUT2D eigenvalue weighted by Crippen LogP contribution is -2.50. The molecule has 2 atom stereocenters. The number of rotatable bonds is 0. The number of hydrogen-bond acceptors (Lipinski definition) is 1. The van der Waals surface area contributed by atoms with Gasteiger partial charge in [0, 0.05) is 12.1 Å². The van der Waals surface area contributed by atoms with Crippen LogP contribution < -0.4 is 0 Å². The molecule has 2 aliphatic heterocycles. The molecule has 1 aromatic rings. The maximum absolute atomic E-state index is 2.82. The molecular weight excluding hydrogens is 206 g/mol. The quantitative estimate of drug-likeness (QED) is 0.657. The summed E-state index contributed by atoms with van der Waals surface area (Å²) in [5.41, 5.74) is 3.78.